The van der Waals surface area contributed by atoms with Crippen LogP contribution in [0.3, 0.4) is 0 Å². The molecule has 0 spiro atoms. The molecule has 0 fully saturated rings. The van der Waals surface area contributed by atoms with Gasteiger partial charge in [-0.1, -0.05) is 13.8 Å². The minimum atomic E-state index is -0.0234. The van der Waals surface area contributed by atoms with E-state index in [1.165, 1.54) is 6.20 Å². The molecule has 1 amide bonds. The van der Waals surface area contributed by atoms with Gasteiger partial charge in [0.1, 0.15) is 0 Å². The summed E-state index contributed by atoms with van der Waals surface area (Å²) in [6.07, 6.45) is 3.94. The standard InChI is InChI=1S/C11H20N4O/c1-8(2)10(12)4-5-15(3)11(16)9-6-13-14-7-9/h6-8,10H,4-5,12H2,1-3H3,(H,13,14). The zero-order chi connectivity index (χ0) is 12.1. The number of aromatic nitrogens is 2. The molecule has 0 saturated carbocycles. The first-order valence-electron chi connectivity index (χ1n) is 5.52. The maximum Gasteiger partial charge on any atom is 0.256 e. The van der Waals surface area contributed by atoms with Crippen LogP contribution in [0.1, 0.15) is 30.6 Å². The first kappa shape index (κ1) is 12.7. The summed E-state index contributed by atoms with van der Waals surface area (Å²) < 4.78 is 0. The number of nitrogens with two attached hydrogens (primary N) is 1. The van der Waals surface area contributed by atoms with E-state index in [1.807, 2.05) is 0 Å². The predicted molar refractivity (Wildman–Crippen MR) is 63.0 cm³/mol. The van der Waals surface area contributed by atoms with Gasteiger partial charge in [-0.05, 0) is 12.3 Å². The Kier molecular flexibility index (Phi) is 4.49. The predicted octanol–water partition coefficient (Wildman–Crippen LogP) is 0.855. The molecule has 0 aliphatic carbocycles. The van der Waals surface area contributed by atoms with Gasteiger partial charge in [-0.15, -0.1) is 0 Å². The van der Waals surface area contributed by atoms with Crippen LogP contribution in [0.4, 0.5) is 0 Å². The summed E-state index contributed by atoms with van der Waals surface area (Å²) in [4.78, 5) is 13.5. The molecule has 90 valence electrons. The van der Waals surface area contributed by atoms with E-state index in [1.54, 1.807) is 18.1 Å². The van der Waals surface area contributed by atoms with E-state index in [2.05, 4.69) is 24.0 Å². The third kappa shape index (κ3) is 3.34. The van der Waals surface area contributed by atoms with E-state index >= 15 is 0 Å². The normalized spacial score (nSPS) is 12.8. The van der Waals surface area contributed by atoms with E-state index in [0.717, 1.165) is 6.42 Å². The van der Waals surface area contributed by atoms with Gasteiger partial charge in [0.05, 0.1) is 11.8 Å². The van der Waals surface area contributed by atoms with E-state index in [-0.39, 0.29) is 11.9 Å². The monoisotopic (exact) mass is 224 g/mol. The molecule has 5 heteroatoms. The quantitative estimate of drug-likeness (QED) is 0.778. The number of nitrogens with zero attached hydrogens (tertiary/aromatic N) is 2. The molecule has 0 aromatic carbocycles. The van der Waals surface area contributed by atoms with E-state index in [9.17, 15) is 4.79 Å². The van der Waals surface area contributed by atoms with Gasteiger partial charge >= 0.3 is 0 Å². The molecule has 0 aliphatic rings. The first-order valence-corrected chi connectivity index (χ1v) is 5.52. The molecule has 1 rings (SSSR count). The molecular weight excluding hydrogens is 204 g/mol. The Bertz CT molecular complexity index is 321. The molecule has 1 aromatic heterocycles. The molecule has 1 aromatic rings. The Hall–Kier alpha value is -1.36. The Balaban J connectivity index is 2.41. The smallest absolute Gasteiger partial charge is 0.256 e. The van der Waals surface area contributed by atoms with Crippen LogP contribution in [0, 0.1) is 5.92 Å². The van der Waals surface area contributed by atoms with Crippen LogP contribution in [0.25, 0.3) is 0 Å². The van der Waals surface area contributed by atoms with E-state index in [4.69, 9.17) is 5.73 Å². The van der Waals surface area contributed by atoms with Crippen molar-refractivity contribution < 1.29 is 4.79 Å². The number of rotatable bonds is 5. The number of nitrogens with one attached hydrogen (secondary N) is 1. The highest BCUT2D eigenvalue weighted by Crippen LogP contribution is 2.06. The van der Waals surface area contributed by atoms with Crippen molar-refractivity contribution in [2.45, 2.75) is 26.3 Å². The Morgan fingerprint density at radius 1 is 1.62 bits per heavy atom. The van der Waals surface area contributed by atoms with Crippen molar-refractivity contribution in [3.8, 4) is 0 Å². The lowest BCUT2D eigenvalue weighted by molar-refractivity contribution is 0.0789. The van der Waals surface area contributed by atoms with Crippen molar-refractivity contribution in [3.05, 3.63) is 18.0 Å². The maximum atomic E-state index is 11.8. The summed E-state index contributed by atoms with van der Waals surface area (Å²) in [7, 11) is 1.78. The average Bonchev–Trinajstić information content (AvgIpc) is 2.77. The minimum Gasteiger partial charge on any atom is -0.342 e. The highest BCUT2D eigenvalue weighted by atomic mass is 16.2. The summed E-state index contributed by atoms with van der Waals surface area (Å²) in [5.41, 5.74) is 6.51. The zero-order valence-electron chi connectivity index (χ0n) is 10.1. The lowest BCUT2D eigenvalue weighted by Gasteiger charge is -2.21. The maximum absolute atomic E-state index is 11.8. The Labute approximate surface area is 96.0 Å². The van der Waals surface area contributed by atoms with Crippen LogP contribution in [0.5, 0.6) is 0 Å². The first-order chi connectivity index (χ1) is 7.52. The van der Waals surface area contributed by atoms with Crippen LogP contribution in [-0.4, -0.2) is 40.6 Å². The number of carbonyl (C=O) groups excluding carboxylic acids is 1. The highest BCUT2D eigenvalue weighted by Gasteiger charge is 2.14. The second kappa shape index (κ2) is 5.65. The van der Waals surface area contributed by atoms with Gasteiger partial charge in [-0.25, -0.2) is 0 Å². The summed E-state index contributed by atoms with van der Waals surface area (Å²) in [6.45, 7) is 4.84. The number of hydrogen-bond donors (Lipinski definition) is 2. The third-order valence-electron chi connectivity index (χ3n) is 2.75. The largest absolute Gasteiger partial charge is 0.342 e. The van der Waals surface area contributed by atoms with Crippen molar-refractivity contribution in [1.82, 2.24) is 15.1 Å². The number of carbonyl (C=O) groups is 1. The van der Waals surface area contributed by atoms with Crippen molar-refractivity contribution in [3.63, 3.8) is 0 Å². The molecule has 0 aliphatic heterocycles. The summed E-state index contributed by atoms with van der Waals surface area (Å²) >= 11 is 0. The van der Waals surface area contributed by atoms with Gasteiger partial charge in [0.2, 0.25) is 0 Å². The second-order valence-corrected chi connectivity index (χ2v) is 4.41. The van der Waals surface area contributed by atoms with Crippen LogP contribution in [0.2, 0.25) is 0 Å². The Morgan fingerprint density at radius 3 is 2.81 bits per heavy atom. The van der Waals surface area contributed by atoms with Crippen molar-refractivity contribution in [1.29, 1.82) is 0 Å². The summed E-state index contributed by atoms with van der Waals surface area (Å²) in [5.74, 6) is 0.419. The summed E-state index contributed by atoms with van der Waals surface area (Å²) in [6, 6.07) is 0.139. The molecule has 1 unspecified atom stereocenters. The zero-order valence-corrected chi connectivity index (χ0v) is 10.1. The SMILES string of the molecule is CC(C)C(N)CCN(C)C(=O)c1cn[nH]c1. The van der Waals surface area contributed by atoms with Crippen LogP contribution < -0.4 is 5.73 Å². The van der Waals surface area contributed by atoms with Gasteiger partial charge in [0, 0.05) is 25.8 Å². The fraction of sp³-hybridized carbons (Fsp3) is 0.636. The summed E-state index contributed by atoms with van der Waals surface area (Å²) in [5, 5.41) is 6.38. The molecule has 1 heterocycles. The molecule has 0 radical (unpaired) electrons. The molecule has 0 saturated heterocycles. The molecular formula is C11H20N4O. The van der Waals surface area contributed by atoms with Crippen molar-refractivity contribution in [2.75, 3.05) is 13.6 Å². The Morgan fingerprint density at radius 2 is 2.31 bits per heavy atom. The highest BCUT2D eigenvalue weighted by molar-refractivity contribution is 5.93. The van der Waals surface area contributed by atoms with Crippen LogP contribution >= 0.6 is 0 Å². The lowest BCUT2D eigenvalue weighted by Crippen LogP contribution is -2.34. The minimum absolute atomic E-state index is 0.0234. The number of H-pyrrole nitrogens is 1. The van der Waals surface area contributed by atoms with E-state index < -0.39 is 0 Å². The third-order valence-corrected chi connectivity index (χ3v) is 2.75. The van der Waals surface area contributed by atoms with Crippen LogP contribution in [-0.2, 0) is 0 Å². The van der Waals surface area contributed by atoms with Crippen molar-refractivity contribution >= 4 is 5.91 Å². The molecule has 1 atom stereocenters. The average molecular weight is 224 g/mol. The molecule has 0 bridgehead atoms. The van der Waals surface area contributed by atoms with Gasteiger partial charge in [-0.2, -0.15) is 5.10 Å². The van der Waals surface area contributed by atoms with Gasteiger partial charge < -0.3 is 10.6 Å². The van der Waals surface area contributed by atoms with Gasteiger partial charge in [-0.3, -0.25) is 9.89 Å². The number of amides is 1. The second-order valence-electron chi connectivity index (χ2n) is 4.41. The molecule has 5 nitrogen and oxygen atoms in total. The van der Waals surface area contributed by atoms with E-state index in [0.29, 0.717) is 18.0 Å². The molecule has 16 heavy (non-hydrogen) atoms. The lowest BCUT2D eigenvalue weighted by atomic mass is 10.0. The fourth-order valence-electron chi connectivity index (χ4n) is 1.37. The topological polar surface area (TPSA) is 75.0 Å². The van der Waals surface area contributed by atoms with Crippen LogP contribution in [0.15, 0.2) is 12.4 Å². The van der Waals surface area contributed by atoms with Gasteiger partial charge in [0.25, 0.3) is 5.91 Å². The van der Waals surface area contributed by atoms with Crippen molar-refractivity contribution in [2.24, 2.45) is 11.7 Å². The van der Waals surface area contributed by atoms with Gasteiger partial charge in [0.15, 0.2) is 0 Å². The number of aromatic amines is 1. The molecule has 3 N–H and O–H groups in total. The fourth-order valence-corrected chi connectivity index (χ4v) is 1.37. The number of hydrogen-bond acceptors (Lipinski definition) is 3.